The van der Waals surface area contributed by atoms with Crippen LogP contribution in [-0.2, 0) is 17.8 Å². The van der Waals surface area contributed by atoms with Crippen molar-refractivity contribution >= 4 is 11.8 Å². The molecular weight excluding hydrogens is 324 g/mol. The SMILES string of the molecule is Nc1ccc(-c2ccccc2CCNC(=O)OCc2ccccc2)cc1. The van der Waals surface area contributed by atoms with Gasteiger partial charge in [0, 0.05) is 12.2 Å². The van der Waals surface area contributed by atoms with Crippen LogP contribution in [-0.4, -0.2) is 12.6 Å². The quantitative estimate of drug-likeness (QED) is 0.650. The summed E-state index contributed by atoms with van der Waals surface area (Å²) < 4.78 is 5.23. The number of hydrogen-bond acceptors (Lipinski definition) is 3. The van der Waals surface area contributed by atoms with Crippen LogP contribution in [0.15, 0.2) is 78.9 Å². The molecule has 3 rings (SSSR count). The summed E-state index contributed by atoms with van der Waals surface area (Å²) in [4.78, 5) is 11.9. The van der Waals surface area contributed by atoms with Crippen LogP contribution in [0.5, 0.6) is 0 Å². The zero-order valence-corrected chi connectivity index (χ0v) is 14.5. The third-order valence-electron chi connectivity index (χ3n) is 4.12. The lowest BCUT2D eigenvalue weighted by Gasteiger charge is -2.11. The van der Waals surface area contributed by atoms with Gasteiger partial charge in [-0.2, -0.15) is 0 Å². The van der Waals surface area contributed by atoms with E-state index < -0.39 is 6.09 Å². The van der Waals surface area contributed by atoms with Gasteiger partial charge < -0.3 is 15.8 Å². The molecule has 26 heavy (non-hydrogen) atoms. The Morgan fingerprint density at radius 1 is 0.885 bits per heavy atom. The number of ether oxygens (including phenoxy) is 1. The van der Waals surface area contributed by atoms with Crippen LogP contribution in [0.25, 0.3) is 11.1 Å². The van der Waals surface area contributed by atoms with Crippen molar-refractivity contribution in [1.82, 2.24) is 5.32 Å². The van der Waals surface area contributed by atoms with E-state index >= 15 is 0 Å². The maximum atomic E-state index is 11.9. The number of amides is 1. The van der Waals surface area contributed by atoms with Gasteiger partial charge in [-0.05, 0) is 40.8 Å². The molecule has 0 aliphatic carbocycles. The largest absolute Gasteiger partial charge is 0.445 e. The number of nitrogen functional groups attached to an aromatic ring is 1. The highest BCUT2D eigenvalue weighted by molar-refractivity contribution is 5.69. The van der Waals surface area contributed by atoms with Crippen molar-refractivity contribution in [1.29, 1.82) is 0 Å². The molecule has 3 aromatic rings. The maximum Gasteiger partial charge on any atom is 0.407 e. The number of carbonyl (C=O) groups is 1. The minimum Gasteiger partial charge on any atom is -0.445 e. The molecule has 0 saturated carbocycles. The predicted molar refractivity (Wildman–Crippen MR) is 105 cm³/mol. The fourth-order valence-corrected chi connectivity index (χ4v) is 2.76. The van der Waals surface area contributed by atoms with Crippen LogP contribution in [0.4, 0.5) is 10.5 Å². The second-order valence-electron chi connectivity index (χ2n) is 6.02. The van der Waals surface area contributed by atoms with Crippen LogP contribution >= 0.6 is 0 Å². The van der Waals surface area contributed by atoms with E-state index in [9.17, 15) is 4.79 Å². The number of anilines is 1. The first-order valence-corrected chi connectivity index (χ1v) is 8.61. The summed E-state index contributed by atoms with van der Waals surface area (Å²) in [5.74, 6) is 0. The summed E-state index contributed by atoms with van der Waals surface area (Å²) in [5.41, 5.74) is 10.9. The third-order valence-corrected chi connectivity index (χ3v) is 4.12. The molecule has 0 atom stereocenters. The Labute approximate surface area is 153 Å². The van der Waals surface area contributed by atoms with E-state index in [1.54, 1.807) is 0 Å². The monoisotopic (exact) mass is 346 g/mol. The van der Waals surface area contributed by atoms with Crippen molar-refractivity contribution in [3.8, 4) is 11.1 Å². The van der Waals surface area contributed by atoms with Crippen LogP contribution in [0.1, 0.15) is 11.1 Å². The average Bonchev–Trinajstić information content (AvgIpc) is 2.68. The van der Waals surface area contributed by atoms with Crippen LogP contribution in [0.2, 0.25) is 0 Å². The van der Waals surface area contributed by atoms with Gasteiger partial charge in [0.25, 0.3) is 0 Å². The zero-order valence-electron chi connectivity index (χ0n) is 14.5. The average molecular weight is 346 g/mol. The molecule has 4 nitrogen and oxygen atoms in total. The van der Waals surface area contributed by atoms with E-state index in [-0.39, 0.29) is 6.61 Å². The molecule has 1 amide bonds. The molecule has 0 bridgehead atoms. The Bertz CT molecular complexity index is 846. The normalized spacial score (nSPS) is 10.3. The fourth-order valence-electron chi connectivity index (χ4n) is 2.76. The Morgan fingerprint density at radius 3 is 2.35 bits per heavy atom. The van der Waals surface area contributed by atoms with Crippen molar-refractivity contribution in [2.45, 2.75) is 13.0 Å². The Balaban J connectivity index is 1.53. The van der Waals surface area contributed by atoms with E-state index in [2.05, 4.69) is 17.4 Å². The van der Waals surface area contributed by atoms with Gasteiger partial charge in [-0.3, -0.25) is 0 Å². The summed E-state index contributed by atoms with van der Waals surface area (Å²) in [7, 11) is 0. The molecule has 3 aromatic carbocycles. The fraction of sp³-hybridized carbons (Fsp3) is 0.136. The minimum atomic E-state index is -0.404. The van der Waals surface area contributed by atoms with E-state index in [0.717, 1.165) is 28.8 Å². The Morgan fingerprint density at radius 2 is 1.58 bits per heavy atom. The summed E-state index contributed by atoms with van der Waals surface area (Å²) in [5, 5.41) is 2.81. The maximum absolute atomic E-state index is 11.9. The molecule has 0 spiro atoms. The zero-order chi connectivity index (χ0) is 18.2. The molecule has 4 heteroatoms. The molecule has 0 aliphatic heterocycles. The highest BCUT2D eigenvalue weighted by Gasteiger charge is 2.06. The molecule has 0 aromatic heterocycles. The number of rotatable bonds is 6. The van der Waals surface area contributed by atoms with Crippen LogP contribution in [0.3, 0.4) is 0 Å². The van der Waals surface area contributed by atoms with Crippen molar-refractivity contribution in [3.63, 3.8) is 0 Å². The second-order valence-corrected chi connectivity index (χ2v) is 6.02. The molecule has 0 saturated heterocycles. The first-order chi connectivity index (χ1) is 12.7. The van der Waals surface area contributed by atoms with Crippen LogP contribution in [0, 0.1) is 0 Å². The van der Waals surface area contributed by atoms with Crippen molar-refractivity contribution in [2.24, 2.45) is 0 Å². The number of nitrogens with two attached hydrogens (primary N) is 1. The number of carbonyl (C=O) groups excluding carboxylic acids is 1. The lowest BCUT2D eigenvalue weighted by atomic mass is 9.97. The molecule has 3 N–H and O–H groups in total. The number of hydrogen-bond donors (Lipinski definition) is 2. The van der Waals surface area contributed by atoms with Gasteiger partial charge in [0.1, 0.15) is 6.61 Å². The Hall–Kier alpha value is -3.27. The van der Waals surface area contributed by atoms with Gasteiger partial charge in [0.15, 0.2) is 0 Å². The van der Waals surface area contributed by atoms with Gasteiger partial charge >= 0.3 is 6.09 Å². The molecule has 0 radical (unpaired) electrons. The highest BCUT2D eigenvalue weighted by Crippen LogP contribution is 2.24. The summed E-state index contributed by atoms with van der Waals surface area (Å²) >= 11 is 0. The third kappa shape index (κ3) is 4.86. The van der Waals surface area contributed by atoms with Crippen molar-refractivity contribution in [2.75, 3.05) is 12.3 Å². The van der Waals surface area contributed by atoms with E-state index in [0.29, 0.717) is 6.54 Å². The molecule has 0 aliphatic rings. The minimum absolute atomic E-state index is 0.273. The molecule has 0 heterocycles. The summed E-state index contributed by atoms with van der Waals surface area (Å²) in [6.07, 6.45) is 0.319. The lowest BCUT2D eigenvalue weighted by Crippen LogP contribution is -2.26. The molecule has 0 fully saturated rings. The van der Waals surface area contributed by atoms with Gasteiger partial charge in [-0.1, -0.05) is 66.7 Å². The van der Waals surface area contributed by atoms with Gasteiger partial charge in [0.05, 0.1) is 0 Å². The number of nitrogens with one attached hydrogen (secondary N) is 1. The number of alkyl carbamates (subject to hydrolysis) is 1. The number of benzene rings is 3. The Kier molecular flexibility index (Phi) is 5.88. The lowest BCUT2D eigenvalue weighted by molar-refractivity contribution is 0.140. The van der Waals surface area contributed by atoms with Crippen molar-refractivity contribution in [3.05, 3.63) is 90.0 Å². The molecule has 0 unspecified atom stereocenters. The smallest absolute Gasteiger partial charge is 0.407 e. The van der Waals surface area contributed by atoms with E-state index in [4.69, 9.17) is 10.5 Å². The highest BCUT2D eigenvalue weighted by atomic mass is 16.5. The van der Waals surface area contributed by atoms with Gasteiger partial charge in [-0.15, -0.1) is 0 Å². The molecule has 132 valence electrons. The van der Waals surface area contributed by atoms with Gasteiger partial charge in [0.2, 0.25) is 0 Å². The second kappa shape index (κ2) is 8.72. The van der Waals surface area contributed by atoms with Crippen molar-refractivity contribution < 1.29 is 9.53 Å². The summed E-state index contributed by atoms with van der Waals surface area (Å²) in [6, 6.07) is 25.6. The van der Waals surface area contributed by atoms with Crippen LogP contribution < -0.4 is 11.1 Å². The van der Waals surface area contributed by atoms with E-state index in [1.165, 1.54) is 5.56 Å². The van der Waals surface area contributed by atoms with E-state index in [1.807, 2.05) is 66.7 Å². The standard InChI is InChI=1S/C22H22N2O2/c23-20-12-10-19(11-13-20)21-9-5-4-8-18(21)14-15-24-22(25)26-16-17-6-2-1-3-7-17/h1-13H,14-16,23H2,(H,24,25). The van der Waals surface area contributed by atoms with Gasteiger partial charge in [-0.25, -0.2) is 4.79 Å². The first kappa shape index (κ1) is 17.5. The first-order valence-electron chi connectivity index (χ1n) is 8.61. The predicted octanol–water partition coefficient (Wildman–Crippen LogP) is 4.40. The summed E-state index contributed by atoms with van der Waals surface area (Å²) in [6.45, 7) is 0.786. The topological polar surface area (TPSA) is 64.3 Å². The molecular formula is C22H22N2O2.